The minimum absolute atomic E-state index is 0.0687. The highest BCUT2D eigenvalue weighted by Gasteiger charge is 2.25. The van der Waals surface area contributed by atoms with Gasteiger partial charge in [0.1, 0.15) is 11.2 Å². The number of benzene rings is 1. The monoisotopic (exact) mass is 398 g/mol. The van der Waals surface area contributed by atoms with Gasteiger partial charge in [0.15, 0.2) is 0 Å². The topological polar surface area (TPSA) is 89.5 Å². The van der Waals surface area contributed by atoms with Crippen LogP contribution in [0.2, 0.25) is 0 Å². The van der Waals surface area contributed by atoms with Crippen LogP contribution in [0.4, 0.5) is 0 Å². The first-order chi connectivity index (χ1) is 13.1. The maximum Gasteiger partial charge on any atom is 0.377 e. The fraction of sp³-hybridized carbons (Fsp3) is 0.600. The van der Waals surface area contributed by atoms with Crippen molar-refractivity contribution >= 4 is 11.9 Å². The molecule has 0 fully saturated rings. The van der Waals surface area contributed by atoms with Crippen LogP contribution in [0.1, 0.15) is 87.9 Å². The number of rotatable bonds is 12. The van der Waals surface area contributed by atoms with Gasteiger partial charge in [0.2, 0.25) is 0 Å². The van der Waals surface area contributed by atoms with Crippen molar-refractivity contribution in [2.75, 3.05) is 0 Å². The fourth-order valence-corrected chi connectivity index (χ4v) is 2.50. The highest BCUT2D eigenvalue weighted by atomic mass is 17.5. The zero-order valence-electron chi connectivity index (χ0n) is 17.4. The minimum Gasteiger partial charge on any atom is -0.263 e. The van der Waals surface area contributed by atoms with Gasteiger partial charge in [-0.2, -0.15) is 9.78 Å². The second kappa shape index (κ2) is 11.1. The summed E-state index contributed by atoms with van der Waals surface area (Å²) in [6, 6.07) is 5.91. The molecule has 0 radical (unpaired) electrons. The van der Waals surface area contributed by atoms with E-state index in [0.29, 0.717) is 12.8 Å². The molecule has 0 aliphatic heterocycles. The zero-order valence-corrected chi connectivity index (χ0v) is 17.4. The van der Waals surface area contributed by atoms with E-state index in [1.165, 1.54) is 12.1 Å². The Bertz CT molecular complexity index is 584. The first-order valence-electron chi connectivity index (χ1n) is 9.34. The maximum absolute atomic E-state index is 12.2. The van der Waals surface area contributed by atoms with Crippen LogP contribution in [0.5, 0.6) is 0 Å². The van der Waals surface area contributed by atoms with E-state index < -0.39 is 23.1 Å². The van der Waals surface area contributed by atoms with E-state index in [0.717, 1.165) is 12.8 Å². The predicted octanol–water partition coefficient (Wildman–Crippen LogP) is 4.88. The van der Waals surface area contributed by atoms with Gasteiger partial charge in [-0.3, -0.25) is 9.78 Å². The van der Waals surface area contributed by atoms with Gasteiger partial charge in [0.05, 0.1) is 11.1 Å². The van der Waals surface area contributed by atoms with Crippen molar-refractivity contribution in [2.45, 2.75) is 78.4 Å². The summed E-state index contributed by atoms with van der Waals surface area (Å²) in [4.78, 5) is 43.9. The summed E-state index contributed by atoms with van der Waals surface area (Å²) in [6.45, 7) is 11.2. The molecule has 0 aliphatic carbocycles. The molecule has 0 saturated carbocycles. The lowest BCUT2D eigenvalue weighted by atomic mass is 10.0. The molecule has 0 heterocycles. The van der Waals surface area contributed by atoms with Crippen molar-refractivity contribution in [3.63, 3.8) is 0 Å². The average molecular weight is 398 g/mol. The molecular formula is C20H30O8. The van der Waals surface area contributed by atoms with E-state index in [2.05, 4.69) is 19.9 Å². The molecule has 1 rings (SSSR count). The highest BCUT2D eigenvalue weighted by molar-refractivity contribution is 6.02. The smallest absolute Gasteiger partial charge is 0.263 e. The zero-order chi connectivity index (χ0) is 21.2. The van der Waals surface area contributed by atoms with Gasteiger partial charge in [-0.15, -0.1) is 0 Å². The van der Waals surface area contributed by atoms with Gasteiger partial charge < -0.3 is 0 Å². The summed E-state index contributed by atoms with van der Waals surface area (Å²) in [5.41, 5.74) is -1.38. The molecule has 28 heavy (non-hydrogen) atoms. The van der Waals surface area contributed by atoms with Crippen LogP contribution < -0.4 is 0 Å². The third-order valence-corrected chi connectivity index (χ3v) is 3.81. The quantitative estimate of drug-likeness (QED) is 0.363. The summed E-state index contributed by atoms with van der Waals surface area (Å²) >= 11 is 0. The number of carbonyl (C=O) groups is 2. The van der Waals surface area contributed by atoms with Gasteiger partial charge in [0.25, 0.3) is 0 Å². The summed E-state index contributed by atoms with van der Waals surface area (Å²) in [7, 11) is 0. The second-order valence-corrected chi connectivity index (χ2v) is 7.61. The molecule has 8 nitrogen and oxygen atoms in total. The molecule has 158 valence electrons. The van der Waals surface area contributed by atoms with Crippen molar-refractivity contribution in [1.82, 2.24) is 0 Å². The third kappa shape index (κ3) is 8.35. The maximum atomic E-state index is 12.2. The van der Waals surface area contributed by atoms with Crippen LogP contribution in [-0.4, -0.2) is 23.1 Å². The van der Waals surface area contributed by atoms with Gasteiger partial charge in [-0.1, -0.05) is 38.8 Å². The summed E-state index contributed by atoms with van der Waals surface area (Å²) < 4.78 is 0. The lowest BCUT2D eigenvalue weighted by Gasteiger charge is -2.21. The van der Waals surface area contributed by atoms with Crippen molar-refractivity contribution in [3.05, 3.63) is 35.4 Å². The van der Waals surface area contributed by atoms with Crippen LogP contribution in [0.15, 0.2) is 24.3 Å². The lowest BCUT2D eigenvalue weighted by Crippen LogP contribution is -2.26. The van der Waals surface area contributed by atoms with E-state index in [4.69, 9.17) is 9.78 Å². The van der Waals surface area contributed by atoms with Crippen LogP contribution >= 0.6 is 0 Å². The van der Waals surface area contributed by atoms with E-state index in [9.17, 15) is 9.59 Å². The Hall–Kier alpha value is -2.00. The van der Waals surface area contributed by atoms with Crippen LogP contribution in [0.3, 0.4) is 0 Å². The first kappa shape index (κ1) is 24.0. The van der Waals surface area contributed by atoms with Crippen LogP contribution in [0.25, 0.3) is 0 Å². The molecule has 0 N–H and O–H groups in total. The summed E-state index contributed by atoms with van der Waals surface area (Å²) in [6.07, 6.45) is 3.16. The Balaban J connectivity index is 2.65. The number of carbonyl (C=O) groups excluding carboxylic acids is 2. The molecule has 0 spiro atoms. The molecule has 0 unspecified atom stereocenters. The average Bonchev–Trinajstić information content (AvgIpc) is 2.61. The van der Waals surface area contributed by atoms with Crippen molar-refractivity contribution < 1.29 is 39.2 Å². The molecule has 0 aliphatic rings. The second-order valence-electron chi connectivity index (χ2n) is 7.61. The van der Waals surface area contributed by atoms with Crippen LogP contribution in [0, 0.1) is 0 Å². The van der Waals surface area contributed by atoms with Crippen molar-refractivity contribution in [1.29, 1.82) is 0 Å². The molecule has 0 bridgehead atoms. The van der Waals surface area contributed by atoms with Crippen LogP contribution in [-0.2, 0) is 29.6 Å². The standard InChI is InChI=1S/C20H30O8/c1-7-13-19(3,4)25-27-23-17(21)15-11-9-10-12-16(15)18(22)24-28-26-20(5,6)14-8-2/h9-12H,7-8,13-14H2,1-6H3. The molecule has 0 saturated heterocycles. The third-order valence-electron chi connectivity index (χ3n) is 3.81. The Morgan fingerprint density at radius 3 is 1.43 bits per heavy atom. The van der Waals surface area contributed by atoms with E-state index in [-0.39, 0.29) is 11.1 Å². The molecule has 1 aromatic carbocycles. The molecule has 1 aromatic rings. The SMILES string of the molecule is CCCC(C)(C)OOOC(=O)c1ccccc1C(=O)OOOC(C)(C)CCC. The molecule has 0 aromatic heterocycles. The Morgan fingerprint density at radius 2 is 1.11 bits per heavy atom. The normalized spacial score (nSPS) is 11.9. The predicted molar refractivity (Wildman–Crippen MR) is 99.6 cm³/mol. The highest BCUT2D eigenvalue weighted by Crippen LogP contribution is 2.19. The van der Waals surface area contributed by atoms with Crippen molar-refractivity contribution in [3.8, 4) is 0 Å². The minimum atomic E-state index is -0.910. The van der Waals surface area contributed by atoms with Gasteiger partial charge in [-0.05, 0) is 62.7 Å². The summed E-state index contributed by atoms with van der Waals surface area (Å²) in [5.74, 6) is -1.82. The lowest BCUT2D eigenvalue weighted by molar-refractivity contribution is -0.513. The van der Waals surface area contributed by atoms with Crippen molar-refractivity contribution in [2.24, 2.45) is 0 Å². The van der Waals surface area contributed by atoms with Gasteiger partial charge >= 0.3 is 11.9 Å². The fourth-order valence-electron chi connectivity index (χ4n) is 2.50. The summed E-state index contributed by atoms with van der Waals surface area (Å²) in [5, 5.41) is 9.19. The van der Waals surface area contributed by atoms with E-state index in [1.54, 1.807) is 39.8 Å². The molecular weight excluding hydrogens is 368 g/mol. The number of hydrogen-bond acceptors (Lipinski definition) is 8. The molecule has 0 atom stereocenters. The van der Waals surface area contributed by atoms with E-state index >= 15 is 0 Å². The Labute approximate surface area is 165 Å². The van der Waals surface area contributed by atoms with Gasteiger partial charge in [0, 0.05) is 0 Å². The van der Waals surface area contributed by atoms with E-state index in [1.807, 2.05) is 13.8 Å². The first-order valence-corrected chi connectivity index (χ1v) is 9.34. The Morgan fingerprint density at radius 1 is 0.750 bits per heavy atom. The number of hydrogen-bond donors (Lipinski definition) is 0. The molecule has 0 amide bonds. The molecule has 8 heteroatoms. The largest absolute Gasteiger partial charge is 0.377 e. The van der Waals surface area contributed by atoms with Gasteiger partial charge in [-0.25, -0.2) is 9.59 Å². The Kier molecular flexibility index (Phi) is 9.54.